The summed E-state index contributed by atoms with van der Waals surface area (Å²) in [6, 6.07) is 10.6. The van der Waals surface area contributed by atoms with E-state index in [9.17, 15) is 18.0 Å². The van der Waals surface area contributed by atoms with Gasteiger partial charge in [-0.15, -0.1) is 0 Å². The summed E-state index contributed by atoms with van der Waals surface area (Å²) in [7, 11) is 0. The molecule has 0 saturated carbocycles. The third-order valence-electron chi connectivity index (χ3n) is 2.86. The first kappa shape index (κ1) is 18.1. The Balaban J connectivity index is 1.82. The van der Waals surface area contributed by atoms with Crippen molar-refractivity contribution in [3.05, 3.63) is 59.9 Å². The summed E-state index contributed by atoms with van der Waals surface area (Å²) < 4.78 is 41.0. The number of alkyl halides is 2. The Morgan fingerprint density at radius 3 is 2.36 bits per heavy atom. The van der Waals surface area contributed by atoms with Crippen molar-refractivity contribution in [1.82, 2.24) is 0 Å². The molecule has 9 heteroatoms. The highest BCUT2D eigenvalue weighted by molar-refractivity contribution is 5.97. The molecule has 0 aliphatic rings. The minimum Gasteiger partial charge on any atom is -0.435 e. The molecule has 0 saturated heterocycles. The number of nitrogens with zero attached hydrogens (tertiary/aromatic N) is 1. The van der Waals surface area contributed by atoms with Gasteiger partial charge in [0.25, 0.3) is 5.91 Å². The number of carbonyl (C=O) groups excluding carboxylic acids is 1. The topological polar surface area (TPSA) is 85.9 Å². The van der Waals surface area contributed by atoms with E-state index in [0.29, 0.717) is 11.3 Å². The lowest BCUT2D eigenvalue weighted by Gasteiger charge is -2.07. The van der Waals surface area contributed by atoms with Crippen molar-refractivity contribution in [2.45, 2.75) is 6.61 Å². The molecule has 0 atom stereocenters. The Morgan fingerprint density at radius 2 is 1.76 bits per heavy atom. The average molecular weight is 353 g/mol. The standard InChI is InChI=1S/C16H14F3N3O3/c17-11-3-1-10(2-4-11)15(20)22-24-9-14(23)21-12-5-7-13(8-6-12)25-16(18)19/h1-8,16H,9H2,(H2,20,22)(H,21,23). The number of nitrogens with two attached hydrogens (primary N) is 1. The fourth-order valence-corrected chi connectivity index (χ4v) is 1.75. The number of hydrogen-bond acceptors (Lipinski definition) is 4. The lowest BCUT2D eigenvalue weighted by molar-refractivity contribution is -0.120. The van der Waals surface area contributed by atoms with Crippen LogP contribution in [0.25, 0.3) is 0 Å². The van der Waals surface area contributed by atoms with Gasteiger partial charge in [-0.3, -0.25) is 4.79 Å². The van der Waals surface area contributed by atoms with Gasteiger partial charge >= 0.3 is 6.61 Å². The van der Waals surface area contributed by atoms with Gasteiger partial charge in [0.2, 0.25) is 0 Å². The quantitative estimate of drug-likeness (QED) is 0.455. The molecule has 3 N–H and O–H groups in total. The van der Waals surface area contributed by atoms with Gasteiger partial charge in [-0.1, -0.05) is 5.16 Å². The largest absolute Gasteiger partial charge is 0.435 e. The number of carbonyl (C=O) groups is 1. The van der Waals surface area contributed by atoms with Crippen molar-refractivity contribution >= 4 is 17.4 Å². The predicted octanol–water partition coefficient (Wildman–Crippen LogP) is 2.70. The van der Waals surface area contributed by atoms with Crippen LogP contribution in [0.1, 0.15) is 5.56 Å². The van der Waals surface area contributed by atoms with E-state index < -0.39 is 24.9 Å². The third-order valence-corrected chi connectivity index (χ3v) is 2.86. The Hall–Kier alpha value is -3.23. The second kappa shape index (κ2) is 8.57. The van der Waals surface area contributed by atoms with Crippen LogP contribution >= 0.6 is 0 Å². The molecule has 0 spiro atoms. The second-order valence-electron chi connectivity index (χ2n) is 4.71. The van der Waals surface area contributed by atoms with Crippen LogP contribution in [0.3, 0.4) is 0 Å². The predicted molar refractivity (Wildman–Crippen MR) is 84.8 cm³/mol. The molecule has 0 heterocycles. The van der Waals surface area contributed by atoms with Gasteiger partial charge in [-0.25, -0.2) is 4.39 Å². The maximum Gasteiger partial charge on any atom is 0.387 e. The number of oxime groups is 1. The molecule has 0 unspecified atom stereocenters. The number of benzene rings is 2. The zero-order valence-electron chi connectivity index (χ0n) is 12.8. The van der Waals surface area contributed by atoms with Crippen molar-refractivity contribution in [1.29, 1.82) is 0 Å². The Bertz CT molecular complexity index is 735. The minimum absolute atomic E-state index is 0.0127. The van der Waals surface area contributed by atoms with Crippen LogP contribution in [0, 0.1) is 5.82 Å². The Morgan fingerprint density at radius 1 is 1.12 bits per heavy atom. The molecule has 2 aromatic carbocycles. The highest BCUT2D eigenvalue weighted by Crippen LogP contribution is 2.17. The lowest BCUT2D eigenvalue weighted by atomic mass is 10.2. The van der Waals surface area contributed by atoms with Crippen LogP contribution in [0.4, 0.5) is 18.9 Å². The summed E-state index contributed by atoms with van der Waals surface area (Å²) in [6.07, 6.45) is 0. The summed E-state index contributed by atoms with van der Waals surface area (Å²) in [5.74, 6) is -0.984. The molecule has 25 heavy (non-hydrogen) atoms. The van der Waals surface area contributed by atoms with Crippen molar-refractivity contribution in [2.75, 3.05) is 11.9 Å². The summed E-state index contributed by atoms with van der Waals surface area (Å²) in [5.41, 5.74) is 6.44. The van der Waals surface area contributed by atoms with Crippen LogP contribution in [-0.2, 0) is 9.63 Å². The maximum absolute atomic E-state index is 12.8. The highest BCUT2D eigenvalue weighted by atomic mass is 19.3. The zero-order valence-corrected chi connectivity index (χ0v) is 12.8. The zero-order chi connectivity index (χ0) is 18.2. The molecule has 0 radical (unpaired) electrons. The lowest BCUT2D eigenvalue weighted by Crippen LogP contribution is -2.19. The van der Waals surface area contributed by atoms with Crippen molar-refractivity contribution in [3.8, 4) is 5.75 Å². The van der Waals surface area contributed by atoms with Crippen LogP contribution < -0.4 is 15.8 Å². The van der Waals surface area contributed by atoms with Gasteiger partial charge in [-0.2, -0.15) is 8.78 Å². The minimum atomic E-state index is -2.92. The number of amidine groups is 1. The molecular formula is C16H14F3N3O3. The molecule has 2 rings (SSSR count). The molecular weight excluding hydrogens is 339 g/mol. The Kier molecular flexibility index (Phi) is 6.21. The van der Waals surface area contributed by atoms with Gasteiger partial charge in [-0.05, 0) is 48.5 Å². The van der Waals surface area contributed by atoms with Crippen LogP contribution in [0.5, 0.6) is 5.75 Å². The van der Waals surface area contributed by atoms with Gasteiger partial charge in [0.1, 0.15) is 11.6 Å². The number of anilines is 1. The number of nitrogens with one attached hydrogen (secondary N) is 1. The fourth-order valence-electron chi connectivity index (χ4n) is 1.75. The molecule has 6 nitrogen and oxygen atoms in total. The van der Waals surface area contributed by atoms with Crippen LogP contribution in [-0.4, -0.2) is 25.0 Å². The number of amides is 1. The van der Waals surface area contributed by atoms with E-state index in [-0.39, 0.29) is 11.6 Å². The Labute approximate surface area is 141 Å². The molecule has 132 valence electrons. The van der Waals surface area contributed by atoms with Crippen molar-refractivity contribution < 1.29 is 27.5 Å². The average Bonchev–Trinajstić information content (AvgIpc) is 2.56. The summed E-state index contributed by atoms with van der Waals surface area (Å²) in [6.45, 7) is -3.34. The van der Waals surface area contributed by atoms with Crippen LogP contribution in [0.15, 0.2) is 53.7 Å². The first-order valence-corrected chi connectivity index (χ1v) is 7.00. The van der Waals surface area contributed by atoms with E-state index in [4.69, 9.17) is 10.6 Å². The first-order chi connectivity index (χ1) is 11.9. The van der Waals surface area contributed by atoms with E-state index in [2.05, 4.69) is 15.2 Å². The molecule has 0 aliphatic heterocycles. The smallest absolute Gasteiger partial charge is 0.387 e. The van der Waals surface area contributed by atoms with E-state index in [1.807, 2.05) is 0 Å². The maximum atomic E-state index is 12.8. The van der Waals surface area contributed by atoms with E-state index in [1.54, 1.807) is 0 Å². The number of hydrogen-bond donors (Lipinski definition) is 2. The fraction of sp³-hybridized carbons (Fsp3) is 0.125. The number of rotatable bonds is 7. The van der Waals surface area contributed by atoms with Gasteiger partial charge in [0.05, 0.1) is 0 Å². The van der Waals surface area contributed by atoms with Gasteiger partial charge < -0.3 is 20.6 Å². The number of ether oxygens (including phenoxy) is 1. The SMILES string of the molecule is NC(=NOCC(=O)Nc1ccc(OC(F)F)cc1)c1ccc(F)cc1. The summed E-state index contributed by atoms with van der Waals surface area (Å²) >= 11 is 0. The third kappa shape index (κ3) is 6.05. The molecule has 0 fully saturated rings. The van der Waals surface area contributed by atoms with E-state index in [0.717, 1.165) is 0 Å². The van der Waals surface area contributed by atoms with E-state index >= 15 is 0 Å². The van der Waals surface area contributed by atoms with E-state index in [1.165, 1.54) is 48.5 Å². The number of halogens is 3. The van der Waals surface area contributed by atoms with Crippen molar-refractivity contribution in [3.63, 3.8) is 0 Å². The summed E-state index contributed by atoms with van der Waals surface area (Å²) in [4.78, 5) is 16.5. The normalized spacial score (nSPS) is 11.3. The van der Waals surface area contributed by atoms with Gasteiger partial charge in [0, 0.05) is 11.3 Å². The molecule has 0 bridgehead atoms. The summed E-state index contributed by atoms with van der Waals surface area (Å²) in [5, 5.41) is 6.04. The monoisotopic (exact) mass is 353 g/mol. The highest BCUT2D eigenvalue weighted by Gasteiger charge is 2.06. The second-order valence-corrected chi connectivity index (χ2v) is 4.71. The first-order valence-electron chi connectivity index (χ1n) is 7.00. The van der Waals surface area contributed by atoms with Crippen molar-refractivity contribution in [2.24, 2.45) is 10.9 Å². The van der Waals surface area contributed by atoms with Crippen LogP contribution in [0.2, 0.25) is 0 Å². The molecule has 1 amide bonds. The van der Waals surface area contributed by atoms with Gasteiger partial charge in [0.15, 0.2) is 12.4 Å². The molecule has 2 aromatic rings. The molecule has 0 aromatic heterocycles. The molecule has 0 aliphatic carbocycles.